The number of hydrogen-bond acceptors (Lipinski definition) is 2. The lowest BCUT2D eigenvalue weighted by atomic mass is 9.52. The topological polar surface area (TPSA) is 6.48 Å². The van der Waals surface area contributed by atoms with Crippen molar-refractivity contribution in [2.24, 2.45) is 29.6 Å². The van der Waals surface area contributed by atoms with Crippen molar-refractivity contribution < 1.29 is 0 Å². The van der Waals surface area contributed by atoms with Gasteiger partial charge in [0.15, 0.2) is 0 Å². The SMILES string of the molecule is C1=CN(C23CC4CC(CC(C4)C2)C3)CN1C12CC3=CC(CC(C3)C1)C2. The van der Waals surface area contributed by atoms with E-state index in [1.54, 1.807) is 24.8 Å². The highest BCUT2D eigenvalue weighted by Crippen LogP contribution is 2.60. The summed E-state index contributed by atoms with van der Waals surface area (Å²) in [6.45, 7) is 1.21. The van der Waals surface area contributed by atoms with Gasteiger partial charge in [0.2, 0.25) is 0 Å². The summed E-state index contributed by atoms with van der Waals surface area (Å²) >= 11 is 0. The fourth-order valence-electron chi connectivity index (χ4n) is 9.24. The number of hydrogen-bond donors (Lipinski definition) is 0. The molecule has 8 bridgehead atoms. The van der Waals surface area contributed by atoms with Gasteiger partial charge in [-0.3, -0.25) is 0 Å². The third-order valence-corrected chi connectivity index (χ3v) is 9.48. The second-order valence-corrected chi connectivity index (χ2v) is 11.2. The Morgan fingerprint density at radius 1 is 0.720 bits per heavy atom. The van der Waals surface area contributed by atoms with Crippen LogP contribution in [0.2, 0.25) is 0 Å². The van der Waals surface area contributed by atoms with Gasteiger partial charge in [0.25, 0.3) is 0 Å². The third-order valence-electron chi connectivity index (χ3n) is 9.48. The zero-order valence-electron chi connectivity index (χ0n) is 15.5. The van der Waals surface area contributed by atoms with Crippen LogP contribution in [-0.2, 0) is 0 Å². The monoisotopic (exact) mass is 336 g/mol. The van der Waals surface area contributed by atoms with Gasteiger partial charge in [-0.05, 0) is 100 Å². The van der Waals surface area contributed by atoms with Crippen LogP contribution in [0, 0.1) is 29.6 Å². The quantitative estimate of drug-likeness (QED) is 0.662. The molecule has 0 amide bonds. The van der Waals surface area contributed by atoms with Crippen molar-refractivity contribution in [3.63, 3.8) is 0 Å². The summed E-state index contributed by atoms with van der Waals surface area (Å²) in [5.41, 5.74) is 2.84. The van der Waals surface area contributed by atoms with Crippen LogP contribution < -0.4 is 0 Å². The zero-order chi connectivity index (χ0) is 16.2. The average Bonchev–Trinajstić information content (AvgIpc) is 3.04. The van der Waals surface area contributed by atoms with Gasteiger partial charge in [0.05, 0.1) is 6.67 Å². The molecule has 2 nitrogen and oxygen atoms in total. The molecule has 9 rings (SSSR count). The Kier molecular flexibility index (Phi) is 2.54. The van der Waals surface area contributed by atoms with Crippen molar-refractivity contribution >= 4 is 0 Å². The Morgan fingerprint density at radius 3 is 2.00 bits per heavy atom. The lowest BCUT2D eigenvalue weighted by Crippen LogP contribution is -2.61. The lowest BCUT2D eigenvalue weighted by Gasteiger charge is -2.61. The van der Waals surface area contributed by atoms with Gasteiger partial charge in [-0.2, -0.15) is 0 Å². The van der Waals surface area contributed by atoms with Crippen molar-refractivity contribution in [1.82, 2.24) is 9.80 Å². The molecule has 25 heavy (non-hydrogen) atoms. The maximum Gasteiger partial charge on any atom is 0.0904 e. The van der Waals surface area contributed by atoms with E-state index in [9.17, 15) is 0 Å². The molecule has 1 heterocycles. The van der Waals surface area contributed by atoms with E-state index in [1.165, 1.54) is 58.0 Å². The number of rotatable bonds is 2. The molecule has 0 spiro atoms. The van der Waals surface area contributed by atoms with E-state index in [4.69, 9.17) is 0 Å². The Labute approximate surface area is 152 Å². The molecule has 134 valence electrons. The second kappa shape index (κ2) is 4.49. The largest absolute Gasteiger partial charge is 0.353 e. The van der Waals surface area contributed by atoms with Crippen LogP contribution in [0.4, 0.5) is 0 Å². The van der Waals surface area contributed by atoms with E-state index in [1.807, 2.05) is 0 Å². The first-order valence-electron chi connectivity index (χ1n) is 11.1. The van der Waals surface area contributed by atoms with Gasteiger partial charge in [0.1, 0.15) is 0 Å². The predicted molar refractivity (Wildman–Crippen MR) is 99.5 cm³/mol. The molecule has 2 heteroatoms. The summed E-state index contributed by atoms with van der Waals surface area (Å²) in [6, 6.07) is 0. The van der Waals surface area contributed by atoms with Crippen molar-refractivity contribution in [2.75, 3.05) is 6.67 Å². The van der Waals surface area contributed by atoms with Crippen LogP contribution in [0.3, 0.4) is 0 Å². The van der Waals surface area contributed by atoms with E-state index in [2.05, 4.69) is 28.3 Å². The highest BCUT2D eigenvalue weighted by atomic mass is 15.4. The van der Waals surface area contributed by atoms with Gasteiger partial charge >= 0.3 is 0 Å². The summed E-state index contributed by atoms with van der Waals surface area (Å²) in [4.78, 5) is 5.65. The van der Waals surface area contributed by atoms with E-state index in [0.29, 0.717) is 11.1 Å². The molecule has 1 aliphatic heterocycles. The van der Waals surface area contributed by atoms with E-state index in [0.717, 1.165) is 29.6 Å². The Hall–Kier alpha value is -0.920. The molecule has 6 saturated carbocycles. The summed E-state index contributed by atoms with van der Waals surface area (Å²) < 4.78 is 0. The molecule has 0 saturated heterocycles. The minimum atomic E-state index is 0.490. The van der Waals surface area contributed by atoms with Crippen molar-refractivity contribution in [2.45, 2.75) is 81.7 Å². The first-order chi connectivity index (χ1) is 12.2. The van der Waals surface area contributed by atoms with Gasteiger partial charge in [0, 0.05) is 23.5 Å². The Morgan fingerprint density at radius 2 is 1.36 bits per heavy atom. The molecule has 0 aromatic rings. The molecule has 3 unspecified atom stereocenters. The van der Waals surface area contributed by atoms with Crippen LogP contribution >= 0.6 is 0 Å². The third kappa shape index (κ3) is 1.87. The first-order valence-corrected chi connectivity index (χ1v) is 11.1. The average molecular weight is 337 g/mol. The first kappa shape index (κ1) is 14.2. The van der Waals surface area contributed by atoms with Gasteiger partial charge < -0.3 is 9.80 Å². The molecule has 6 fully saturated rings. The maximum atomic E-state index is 2.84. The van der Waals surface area contributed by atoms with Crippen LogP contribution in [0.1, 0.15) is 70.6 Å². The van der Waals surface area contributed by atoms with Crippen molar-refractivity contribution in [1.29, 1.82) is 0 Å². The van der Waals surface area contributed by atoms with Gasteiger partial charge in [-0.25, -0.2) is 0 Å². The van der Waals surface area contributed by atoms with Gasteiger partial charge in [-0.15, -0.1) is 0 Å². The normalized spacial score (nSPS) is 54.7. The molecule has 0 aromatic heterocycles. The summed E-state index contributed by atoms with van der Waals surface area (Å²) in [5.74, 6) is 5.06. The standard InChI is InChI=1S/C23H32N2/c1-2-25(23-12-19-6-20(13-23)8-21(7-19)14-23)15-24(1)22-9-16-3-17(10-22)5-18(4-16)11-22/h1-3,16,18-21H,4-15H2. The second-order valence-electron chi connectivity index (χ2n) is 11.2. The number of allylic oxidation sites excluding steroid dienone is 1. The Balaban J connectivity index is 1.17. The highest BCUT2D eigenvalue weighted by molar-refractivity contribution is 5.26. The van der Waals surface area contributed by atoms with Gasteiger partial charge in [-0.1, -0.05) is 11.6 Å². The number of nitrogens with zero attached hydrogens (tertiary/aromatic N) is 2. The maximum absolute atomic E-state index is 2.84. The molecule has 0 radical (unpaired) electrons. The van der Waals surface area contributed by atoms with Crippen LogP contribution in [0.25, 0.3) is 0 Å². The van der Waals surface area contributed by atoms with E-state index in [-0.39, 0.29) is 0 Å². The molecule has 3 atom stereocenters. The predicted octanol–water partition coefficient (Wildman–Crippen LogP) is 4.89. The van der Waals surface area contributed by atoms with Crippen LogP contribution in [-0.4, -0.2) is 27.5 Å². The van der Waals surface area contributed by atoms with Crippen LogP contribution in [0.15, 0.2) is 24.0 Å². The van der Waals surface area contributed by atoms with Crippen molar-refractivity contribution in [3.05, 3.63) is 24.0 Å². The van der Waals surface area contributed by atoms with Crippen molar-refractivity contribution in [3.8, 4) is 0 Å². The minimum Gasteiger partial charge on any atom is -0.353 e. The minimum absolute atomic E-state index is 0.490. The van der Waals surface area contributed by atoms with Crippen LogP contribution in [0.5, 0.6) is 0 Å². The highest BCUT2D eigenvalue weighted by Gasteiger charge is 2.56. The van der Waals surface area contributed by atoms with E-state index >= 15 is 0 Å². The summed E-state index contributed by atoms with van der Waals surface area (Å²) in [5, 5.41) is 0. The smallest absolute Gasteiger partial charge is 0.0904 e. The summed E-state index contributed by atoms with van der Waals surface area (Å²) in [6.07, 6.45) is 24.1. The molecular formula is C23H32N2. The Bertz CT molecular complexity index is 640. The molecule has 0 N–H and O–H groups in total. The lowest BCUT2D eigenvalue weighted by molar-refractivity contribution is -0.0868. The fourth-order valence-corrected chi connectivity index (χ4v) is 9.24. The van der Waals surface area contributed by atoms with E-state index < -0.39 is 0 Å². The fraction of sp³-hybridized carbons (Fsp3) is 0.826. The molecular weight excluding hydrogens is 304 g/mol. The molecule has 9 aliphatic rings. The molecule has 0 aromatic carbocycles. The zero-order valence-corrected chi connectivity index (χ0v) is 15.5. The summed E-state index contributed by atoms with van der Waals surface area (Å²) in [7, 11) is 0. The molecule has 8 aliphatic carbocycles.